The summed E-state index contributed by atoms with van der Waals surface area (Å²) in [5, 5.41) is 0. The molecule has 203 valence electrons. The summed E-state index contributed by atoms with van der Waals surface area (Å²) in [6.45, 7) is 20.5. The van der Waals surface area contributed by atoms with Crippen molar-refractivity contribution < 1.29 is 33.7 Å². The van der Waals surface area contributed by atoms with E-state index in [-0.39, 0.29) is 43.7 Å². The third kappa shape index (κ3) is 10.9. The van der Waals surface area contributed by atoms with Crippen molar-refractivity contribution >= 4 is 5.97 Å². The quantitative estimate of drug-likeness (QED) is 0.158. The Kier molecular flexibility index (Phi) is 20.1. The standard InChI is InChI=1S/C24H30O3.3C2H6.CH3.Rh/c1-17-14-23(3,4)16-24(15-17,19-6-10-21(26-5)11-7-19)20-8-12-22(13-9-20)27-18(2)25;3*1-2;;/h6-13,17H,14-16H2,1-5H3;3*1-2H3;1H3;/q;;;;-1;. The van der Waals surface area contributed by atoms with Crippen molar-refractivity contribution in [1.82, 2.24) is 0 Å². The molecule has 0 heterocycles. The Bertz CT molecular complexity index is 797. The van der Waals surface area contributed by atoms with E-state index in [1.165, 1.54) is 24.5 Å². The number of ether oxygens (including phenoxy) is 2. The summed E-state index contributed by atoms with van der Waals surface area (Å²) in [6, 6.07) is 16.6. The number of benzene rings is 2. The van der Waals surface area contributed by atoms with Crippen LogP contribution in [-0.4, -0.2) is 13.1 Å². The molecule has 1 radical (unpaired) electrons. The van der Waals surface area contributed by atoms with Gasteiger partial charge in [-0.1, -0.05) is 86.6 Å². The molecule has 0 bridgehead atoms. The van der Waals surface area contributed by atoms with Crippen LogP contribution in [0.25, 0.3) is 0 Å². The third-order valence-corrected chi connectivity index (χ3v) is 5.69. The van der Waals surface area contributed by atoms with Crippen LogP contribution in [0.1, 0.15) is 99.6 Å². The van der Waals surface area contributed by atoms with Gasteiger partial charge in [-0.15, -0.1) is 0 Å². The average Bonchev–Trinajstić information content (AvgIpc) is 2.82. The van der Waals surface area contributed by atoms with Gasteiger partial charge in [0, 0.05) is 31.8 Å². The van der Waals surface area contributed by atoms with Crippen molar-refractivity contribution in [2.75, 3.05) is 7.11 Å². The molecule has 0 aromatic heterocycles. The predicted molar refractivity (Wildman–Crippen MR) is 149 cm³/mol. The molecule has 35 heavy (non-hydrogen) atoms. The van der Waals surface area contributed by atoms with Crippen molar-refractivity contribution in [1.29, 1.82) is 0 Å². The second-order valence-electron chi connectivity index (χ2n) is 8.78. The summed E-state index contributed by atoms with van der Waals surface area (Å²) in [4.78, 5) is 11.2. The summed E-state index contributed by atoms with van der Waals surface area (Å²) in [5.41, 5.74) is 2.81. The van der Waals surface area contributed by atoms with E-state index in [1.807, 2.05) is 53.7 Å². The molecule has 3 rings (SSSR count). The Hall–Kier alpha value is -1.67. The van der Waals surface area contributed by atoms with Crippen molar-refractivity contribution in [3.8, 4) is 11.5 Å². The largest absolute Gasteiger partial charge is 0.497 e. The van der Waals surface area contributed by atoms with Gasteiger partial charge >= 0.3 is 5.97 Å². The number of hydrogen-bond donors (Lipinski definition) is 0. The smallest absolute Gasteiger partial charge is 0.308 e. The molecule has 1 aliphatic carbocycles. The van der Waals surface area contributed by atoms with Gasteiger partial charge in [-0.2, -0.15) is 0 Å². The monoisotopic (exact) mass is 574 g/mol. The molecule has 0 aliphatic heterocycles. The summed E-state index contributed by atoms with van der Waals surface area (Å²) < 4.78 is 10.6. The fourth-order valence-corrected chi connectivity index (χ4v) is 5.10. The molecule has 1 saturated carbocycles. The van der Waals surface area contributed by atoms with Gasteiger partial charge in [0.1, 0.15) is 11.5 Å². The molecular formula is C31H51O3Rh-. The second-order valence-corrected chi connectivity index (χ2v) is 8.78. The SMILES string of the molecule is CC.CC.CC.COc1ccc(C2(c3ccc(OC(C)=O)cc3)CC(C)CC(C)(C)C2)cc1.[CH3-].[Rh]. The number of esters is 1. The van der Waals surface area contributed by atoms with Crippen LogP contribution in [0, 0.1) is 18.8 Å². The maximum Gasteiger partial charge on any atom is 0.308 e. The maximum absolute atomic E-state index is 11.2. The minimum atomic E-state index is -0.292. The van der Waals surface area contributed by atoms with Crippen LogP contribution >= 0.6 is 0 Å². The molecule has 2 aromatic rings. The van der Waals surface area contributed by atoms with Crippen LogP contribution in [-0.2, 0) is 29.7 Å². The van der Waals surface area contributed by atoms with Gasteiger partial charge in [0.15, 0.2) is 0 Å². The number of carbonyl (C=O) groups is 1. The number of methoxy groups -OCH3 is 1. The van der Waals surface area contributed by atoms with Crippen molar-refractivity contribution in [2.45, 2.75) is 93.9 Å². The first kappa shape index (κ1) is 37.9. The molecule has 0 N–H and O–H groups in total. The van der Waals surface area contributed by atoms with E-state index < -0.39 is 0 Å². The molecule has 1 aliphatic rings. The van der Waals surface area contributed by atoms with Gasteiger partial charge in [0.2, 0.25) is 0 Å². The zero-order chi connectivity index (χ0) is 25.7. The van der Waals surface area contributed by atoms with E-state index in [4.69, 9.17) is 9.47 Å². The van der Waals surface area contributed by atoms with Crippen LogP contribution in [0.3, 0.4) is 0 Å². The van der Waals surface area contributed by atoms with Crippen LogP contribution in [0.15, 0.2) is 48.5 Å². The molecule has 0 amide bonds. The topological polar surface area (TPSA) is 35.5 Å². The fourth-order valence-electron chi connectivity index (χ4n) is 5.10. The first-order valence-electron chi connectivity index (χ1n) is 12.7. The first-order chi connectivity index (χ1) is 15.7. The molecule has 2 aromatic carbocycles. The number of rotatable bonds is 4. The minimum absolute atomic E-state index is 0. The zero-order valence-electron chi connectivity index (χ0n) is 24.4. The van der Waals surface area contributed by atoms with Gasteiger partial charge in [0.25, 0.3) is 0 Å². The summed E-state index contributed by atoms with van der Waals surface area (Å²) in [5.74, 6) is 1.81. The summed E-state index contributed by atoms with van der Waals surface area (Å²) in [6.07, 6.45) is 3.43. The van der Waals surface area contributed by atoms with Crippen LogP contribution < -0.4 is 9.47 Å². The van der Waals surface area contributed by atoms with Crippen LogP contribution in [0.2, 0.25) is 0 Å². The Labute approximate surface area is 230 Å². The Balaban J connectivity index is -0.00000119. The van der Waals surface area contributed by atoms with E-state index in [0.717, 1.165) is 18.6 Å². The zero-order valence-corrected chi connectivity index (χ0v) is 26.0. The molecule has 4 heteroatoms. The van der Waals surface area contributed by atoms with Crippen LogP contribution in [0.5, 0.6) is 11.5 Å². The molecule has 1 fully saturated rings. The van der Waals surface area contributed by atoms with Crippen molar-refractivity contribution in [3.05, 3.63) is 67.1 Å². The van der Waals surface area contributed by atoms with Gasteiger partial charge < -0.3 is 16.9 Å². The molecule has 3 nitrogen and oxygen atoms in total. The van der Waals surface area contributed by atoms with Crippen molar-refractivity contribution in [2.24, 2.45) is 11.3 Å². The third-order valence-electron chi connectivity index (χ3n) is 5.69. The van der Waals surface area contributed by atoms with E-state index in [0.29, 0.717) is 11.7 Å². The summed E-state index contributed by atoms with van der Waals surface area (Å²) in [7, 11) is 1.70. The van der Waals surface area contributed by atoms with E-state index >= 15 is 0 Å². The molecule has 2 unspecified atom stereocenters. The Morgan fingerprint density at radius 1 is 0.800 bits per heavy atom. The van der Waals surface area contributed by atoms with Crippen LogP contribution in [0.4, 0.5) is 0 Å². The van der Waals surface area contributed by atoms with Gasteiger partial charge in [0.05, 0.1) is 7.11 Å². The molecule has 0 saturated heterocycles. The maximum atomic E-state index is 11.2. The Morgan fingerprint density at radius 2 is 1.20 bits per heavy atom. The second kappa shape index (κ2) is 18.6. The van der Waals surface area contributed by atoms with Gasteiger partial charge in [-0.25, -0.2) is 0 Å². The molecular weight excluding hydrogens is 523 g/mol. The number of hydrogen-bond acceptors (Lipinski definition) is 3. The molecule has 0 spiro atoms. The van der Waals surface area contributed by atoms with E-state index in [2.05, 4.69) is 57.2 Å². The fraction of sp³-hybridized carbons (Fsp3) is 0.548. The van der Waals surface area contributed by atoms with Crippen molar-refractivity contribution in [3.63, 3.8) is 0 Å². The normalized spacial score (nSPS) is 19.2. The first-order valence-corrected chi connectivity index (χ1v) is 12.7. The van der Waals surface area contributed by atoms with Gasteiger partial charge in [-0.3, -0.25) is 4.79 Å². The Morgan fingerprint density at radius 3 is 1.54 bits per heavy atom. The molecule has 2 atom stereocenters. The predicted octanol–water partition coefficient (Wildman–Crippen LogP) is 9.28. The number of carbonyl (C=O) groups excluding carboxylic acids is 1. The summed E-state index contributed by atoms with van der Waals surface area (Å²) >= 11 is 0. The van der Waals surface area contributed by atoms with Gasteiger partial charge in [-0.05, 0) is 66.0 Å². The van der Waals surface area contributed by atoms with E-state index in [1.54, 1.807) is 7.11 Å². The minimum Gasteiger partial charge on any atom is -0.497 e. The average molecular weight is 575 g/mol. The van der Waals surface area contributed by atoms with E-state index in [9.17, 15) is 4.79 Å².